The lowest BCUT2D eigenvalue weighted by Gasteiger charge is -2.28. The number of nitriles is 1. The molecule has 2 unspecified atom stereocenters. The number of carbonyl (C=O) groups is 3. The van der Waals surface area contributed by atoms with Crippen LogP contribution in [0.5, 0.6) is 0 Å². The quantitative estimate of drug-likeness (QED) is 0.494. The van der Waals surface area contributed by atoms with Gasteiger partial charge in [-0.1, -0.05) is 44.5 Å². The number of fused-ring (bicyclic) bond motifs is 1. The average Bonchev–Trinajstić information content (AvgIpc) is 3.19. The van der Waals surface area contributed by atoms with E-state index in [2.05, 4.69) is 27.0 Å². The van der Waals surface area contributed by atoms with E-state index >= 15 is 0 Å². The van der Waals surface area contributed by atoms with Crippen molar-refractivity contribution in [1.29, 1.82) is 5.26 Å². The van der Waals surface area contributed by atoms with Gasteiger partial charge in [-0.15, -0.1) is 0 Å². The van der Waals surface area contributed by atoms with Crippen LogP contribution in [0.15, 0.2) is 24.3 Å². The fraction of sp³-hybridized carbons (Fsp3) is 0.500. The summed E-state index contributed by atoms with van der Waals surface area (Å²) in [4.78, 5) is 41.1. The molecule has 1 aromatic heterocycles. The minimum absolute atomic E-state index is 0.0900. The molecule has 1 aliphatic heterocycles. The summed E-state index contributed by atoms with van der Waals surface area (Å²) in [5.74, 6) is -1.29. The molecule has 1 aromatic carbocycles. The maximum atomic E-state index is 13.1. The molecule has 33 heavy (non-hydrogen) atoms. The van der Waals surface area contributed by atoms with Gasteiger partial charge in [-0.3, -0.25) is 14.4 Å². The van der Waals surface area contributed by atoms with E-state index in [-0.39, 0.29) is 23.7 Å². The summed E-state index contributed by atoms with van der Waals surface area (Å²) < 4.78 is 0. The van der Waals surface area contributed by atoms with Crippen molar-refractivity contribution < 1.29 is 14.4 Å². The number of benzene rings is 1. The number of nitrogens with zero attached hydrogens (tertiary/aromatic N) is 1. The second-order valence-electron chi connectivity index (χ2n) is 9.73. The number of hydrogen-bond acceptors (Lipinski definition) is 4. The number of hydrogen-bond donors (Lipinski definition) is 4. The molecule has 1 saturated heterocycles. The molecule has 2 heterocycles. The lowest BCUT2D eigenvalue weighted by molar-refractivity contribution is -0.128. The fourth-order valence-electron chi connectivity index (χ4n) is 4.06. The van der Waals surface area contributed by atoms with Crippen LogP contribution in [-0.2, 0) is 9.59 Å². The minimum Gasteiger partial charge on any atom is -0.356 e. The van der Waals surface area contributed by atoms with Gasteiger partial charge in [-0.2, -0.15) is 5.26 Å². The number of aromatic nitrogens is 1. The Morgan fingerprint density at radius 1 is 1.30 bits per heavy atom. The Kier molecular flexibility index (Phi) is 7.65. The van der Waals surface area contributed by atoms with Crippen LogP contribution in [-0.4, -0.2) is 41.3 Å². The molecule has 2 aromatic rings. The zero-order valence-corrected chi connectivity index (χ0v) is 19.9. The van der Waals surface area contributed by atoms with Gasteiger partial charge in [0.1, 0.15) is 17.8 Å². The smallest absolute Gasteiger partial charge is 0.268 e. The third kappa shape index (κ3) is 6.48. The van der Waals surface area contributed by atoms with E-state index in [4.69, 9.17) is 11.6 Å². The van der Waals surface area contributed by atoms with E-state index in [1.54, 1.807) is 18.2 Å². The Balaban J connectivity index is 1.72. The first-order chi connectivity index (χ1) is 15.6. The van der Waals surface area contributed by atoms with Gasteiger partial charge in [0, 0.05) is 17.8 Å². The Hall–Kier alpha value is -3.05. The van der Waals surface area contributed by atoms with Gasteiger partial charge in [-0.25, -0.2) is 0 Å². The SMILES string of the molecule is CC(C)(C)CC(NC(=O)c1cc2cccc(Cl)c2[nH]1)C(=O)N[C@H](C#N)CC1CCCNC1=O. The molecule has 4 N–H and O–H groups in total. The van der Waals surface area contributed by atoms with Gasteiger partial charge in [0.2, 0.25) is 11.8 Å². The second kappa shape index (κ2) is 10.3. The van der Waals surface area contributed by atoms with E-state index in [1.807, 2.05) is 26.8 Å². The highest BCUT2D eigenvalue weighted by Gasteiger charge is 2.31. The van der Waals surface area contributed by atoms with Crippen LogP contribution in [0.1, 0.15) is 56.9 Å². The molecule has 0 bridgehead atoms. The van der Waals surface area contributed by atoms with E-state index in [1.165, 1.54) is 0 Å². The van der Waals surface area contributed by atoms with E-state index in [0.29, 0.717) is 35.6 Å². The molecule has 0 spiro atoms. The monoisotopic (exact) mass is 471 g/mol. The second-order valence-corrected chi connectivity index (χ2v) is 10.1. The van der Waals surface area contributed by atoms with Gasteiger partial charge in [-0.05, 0) is 43.2 Å². The molecular weight excluding hydrogens is 442 g/mol. The molecule has 0 radical (unpaired) electrons. The third-order valence-corrected chi connectivity index (χ3v) is 6.00. The average molecular weight is 472 g/mol. The zero-order chi connectivity index (χ0) is 24.2. The number of amides is 3. The number of piperidine rings is 1. The third-order valence-electron chi connectivity index (χ3n) is 5.68. The number of nitrogens with one attached hydrogen (secondary N) is 4. The van der Waals surface area contributed by atoms with Gasteiger partial charge in [0.25, 0.3) is 5.91 Å². The maximum Gasteiger partial charge on any atom is 0.268 e. The Morgan fingerprint density at radius 3 is 2.70 bits per heavy atom. The molecule has 3 rings (SSSR count). The summed E-state index contributed by atoms with van der Waals surface area (Å²) in [6.07, 6.45) is 2.14. The minimum atomic E-state index is -0.851. The van der Waals surface area contributed by atoms with E-state index in [0.717, 1.165) is 11.8 Å². The van der Waals surface area contributed by atoms with E-state index in [9.17, 15) is 19.6 Å². The normalized spacial score (nSPS) is 18.2. The van der Waals surface area contributed by atoms with Crippen LogP contribution >= 0.6 is 11.6 Å². The van der Waals surface area contributed by atoms with Gasteiger partial charge < -0.3 is 20.9 Å². The van der Waals surface area contributed by atoms with Gasteiger partial charge in [0.05, 0.1) is 16.6 Å². The largest absolute Gasteiger partial charge is 0.356 e. The predicted molar refractivity (Wildman–Crippen MR) is 127 cm³/mol. The number of H-pyrrole nitrogens is 1. The topological polar surface area (TPSA) is 127 Å². The van der Waals surface area contributed by atoms with Crippen LogP contribution < -0.4 is 16.0 Å². The molecule has 0 aliphatic carbocycles. The molecule has 8 nitrogen and oxygen atoms in total. The maximum absolute atomic E-state index is 13.1. The molecule has 3 amide bonds. The van der Waals surface area contributed by atoms with Crippen LogP contribution in [0.4, 0.5) is 0 Å². The molecule has 3 atom stereocenters. The fourth-order valence-corrected chi connectivity index (χ4v) is 4.29. The van der Waals surface area contributed by atoms with Crippen LogP contribution in [0, 0.1) is 22.7 Å². The first kappa shape index (κ1) is 24.6. The molecular formula is C24H30ClN5O3. The van der Waals surface area contributed by atoms with Crippen molar-refractivity contribution in [3.8, 4) is 6.07 Å². The van der Waals surface area contributed by atoms with Crippen LogP contribution in [0.2, 0.25) is 5.02 Å². The molecule has 176 valence electrons. The summed E-state index contributed by atoms with van der Waals surface area (Å²) in [7, 11) is 0. The lowest BCUT2D eigenvalue weighted by Crippen LogP contribution is -2.51. The Bertz CT molecular complexity index is 1080. The molecule has 1 aliphatic rings. The summed E-state index contributed by atoms with van der Waals surface area (Å²) in [5, 5.41) is 19.2. The van der Waals surface area contributed by atoms with Crippen molar-refractivity contribution in [3.63, 3.8) is 0 Å². The first-order valence-electron chi connectivity index (χ1n) is 11.1. The summed E-state index contributed by atoms with van der Waals surface area (Å²) in [6.45, 7) is 6.54. The number of para-hydroxylation sites is 1. The Morgan fingerprint density at radius 2 is 2.06 bits per heavy atom. The van der Waals surface area contributed by atoms with Crippen molar-refractivity contribution in [3.05, 3.63) is 35.0 Å². The van der Waals surface area contributed by atoms with Crippen molar-refractivity contribution >= 4 is 40.2 Å². The molecule has 1 fully saturated rings. The zero-order valence-electron chi connectivity index (χ0n) is 19.1. The van der Waals surface area contributed by atoms with Crippen molar-refractivity contribution in [1.82, 2.24) is 20.9 Å². The van der Waals surface area contributed by atoms with Gasteiger partial charge in [0.15, 0.2) is 0 Å². The Labute approximate surface area is 198 Å². The highest BCUT2D eigenvalue weighted by atomic mass is 35.5. The lowest BCUT2D eigenvalue weighted by atomic mass is 9.87. The van der Waals surface area contributed by atoms with Crippen LogP contribution in [0.3, 0.4) is 0 Å². The summed E-state index contributed by atoms with van der Waals surface area (Å²) in [5.41, 5.74) is 0.682. The highest BCUT2D eigenvalue weighted by Crippen LogP contribution is 2.25. The number of aromatic amines is 1. The predicted octanol–water partition coefficient (Wildman–Crippen LogP) is 3.28. The molecule has 9 heteroatoms. The van der Waals surface area contributed by atoms with Crippen LogP contribution in [0.25, 0.3) is 10.9 Å². The van der Waals surface area contributed by atoms with Crippen molar-refractivity contribution in [2.75, 3.05) is 6.54 Å². The number of carbonyl (C=O) groups excluding carboxylic acids is 3. The first-order valence-corrected chi connectivity index (χ1v) is 11.5. The van der Waals surface area contributed by atoms with Crippen molar-refractivity contribution in [2.24, 2.45) is 11.3 Å². The summed E-state index contributed by atoms with van der Waals surface area (Å²) in [6, 6.07) is 7.46. The molecule has 0 saturated carbocycles. The standard InChI is InChI=1S/C24H30ClN5O3/c1-24(2,3)12-19(23(33)28-16(13-26)10-15-7-5-9-27-21(15)31)30-22(32)18-11-14-6-4-8-17(25)20(14)29-18/h4,6,8,11,15-16,19,29H,5,7,9-10,12H2,1-3H3,(H,27,31)(H,28,33)(H,30,32)/t15?,16-,19?/m0/s1. The highest BCUT2D eigenvalue weighted by molar-refractivity contribution is 6.35. The van der Waals surface area contributed by atoms with Crippen molar-refractivity contribution in [2.45, 2.75) is 58.5 Å². The van der Waals surface area contributed by atoms with Gasteiger partial charge >= 0.3 is 0 Å². The summed E-state index contributed by atoms with van der Waals surface area (Å²) >= 11 is 6.20. The number of rotatable bonds is 7. The van der Waals surface area contributed by atoms with E-state index < -0.39 is 23.9 Å². The number of halogens is 1.